The third kappa shape index (κ3) is 3.54. The summed E-state index contributed by atoms with van der Waals surface area (Å²) in [7, 11) is 0. The molecule has 0 N–H and O–H groups in total. The summed E-state index contributed by atoms with van der Waals surface area (Å²) in [5.74, 6) is 0.306. The molecule has 0 aliphatic heterocycles. The van der Waals surface area contributed by atoms with Crippen LogP contribution in [-0.2, 0) is 0 Å². The SMILES string of the molecule is Cc1cc(=O)c(C(=S)C2CCCCC2)nn1-c1ccc(Cl)cc1. The molecule has 1 aromatic carbocycles. The Morgan fingerprint density at radius 2 is 1.87 bits per heavy atom. The molecule has 2 aromatic rings. The van der Waals surface area contributed by atoms with Gasteiger partial charge in [0.2, 0.25) is 5.43 Å². The molecule has 1 saturated carbocycles. The summed E-state index contributed by atoms with van der Waals surface area (Å²) in [6, 6.07) is 9.02. The molecule has 0 bridgehead atoms. The zero-order valence-corrected chi connectivity index (χ0v) is 14.7. The third-order valence-electron chi connectivity index (χ3n) is 4.39. The Kier molecular flexibility index (Phi) is 4.93. The average Bonchev–Trinajstić information content (AvgIpc) is 2.56. The molecular weight excluding hydrogens is 328 g/mol. The number of aromatic nitrogens is 2. The van der Waals surface area contributed by atoms with Crippen molar-refractivity contribution in [3.8, 4) is 5.69 Å². The van der Waals surface area contributed by atoms with Crippen molar-refractivity contribution in [1.29, 1.82) is 0 Å². The van der Waals surface area contributed by atoms with Crippen LogP contribution in [0.15, 0.2) is 35.1 Å². The van der Waals surface area contributed by atoms with E-state index in [1.54, 1.807) is 10.7 Å². The topological polar surface area (TPSA) is 34.9 Å². The van der Waals surface area contributed by atoms with Crippen molar-refractivity contribution < 1.29 is 0 Å². The van der Waals surface area contributed by atoms with Crippen molar-refractivity contribution in [2.45, 2.75) is 39.0 Å². The van der Waals surface area contributed by atoms with E-state index < -0.39 is 0 Å². The van der Waals surface area contributed by atoms with Crippen LogP contribution in [0, 0.1) is 12.8 Å². The molecule has 120 valence electrons. The lowest BCUT2D eigenvalue weighted by Gasteiger charge is -2.22. The lowest BCUT2D eigenvalue weighted by molar-refractivity contribution is 0.442. The highest BCUT2D eigenvalue weighted by molar-refractivity contribution is 7.80. The zero-order valence-electron chi connectivity index (χ0n) is 13.1. The lowest BCUT2D eigenvalue weighted by Crippen LogP contribution is -2.27. The second kappa shape index (κ2) is 6.93. The van der Waals surface area contributed by atoms with Crippen LogP contribution in [0.3, 0.4) is 0 Å². The van der Waals surface area contributed by atoms with Gasteiger partial charge in [-0.1, -0.05) is 43.1 Å². The molecule has 1 fully saturated rings. The first-order valence-electron chi connectivity index (χ1n) is 7.97. The van der Waals surface area contributed by atoms with Crippen LogP contribution in [0.25, 0.3) is 5.69 Å². The van der Waals surface area contributed by atoms with Gasteiger partial charge in [-0.25, -0.2) is 4.68 Å². The molecule has 3 rings (SSSR count). The van der Waals surface area contributed by atoms with Crippen molar-refractivity contribution in [2.75, 3.05) is 0 Å². The smallest absolute Gasteiger partial charge is 0.208 e. The van der Waals surface area contributed by atoms with Crippen LogP contribution in [-0.4, -0.2) is 14.6 Å². The van der Waals surface area contributed by atoms with Crippen molar-refractivity contribution in [3.63, 3.8) is 0 Å². The molecule has 0 atom stereocenters. The minimum Gasteiger partial charge on any atom is -0.287 e. The van der Waals surface area contributed by atoms with E-state index in [4.69, 9.17) is 23.8 Å². The number of benzene rings is 1. The zero-order chi connectivity index (χ0) is 16.4. The molecule has 0 amide bonds. The van der Waals surface area contributed by atoms with Crippen LogP contribution >= 0.6 is 23.8 Å². The van der Waals surface area contributed by atoms with E-state index in [2.05, 4.69) is 5.10 Å². The van der Waals surface area contributed by atoms with E-state index in [9.17, 15) is 4.79 Å². The molecule has 1 aliphatic carbocycles. The van der Waals surface area contributed by atoms with Crippen molar-refractivity contribution in [2.24, 2.45) is 5.92 Å². The standard InChI is InChI=1S/C18H19ClN2OS/c1-12-11-16(22)17(18(23)13-5-3-2-4-6-13)20-21(12)15-9-7-14(19)8-10-15/h7-11,13H,2-6H2,1H3. The Bertz CT molecular complexity index is 777. The van der Waals surface area contributed by atoms with E-state index >= 15 is 0 Å². The number of hydrogen-bond acceptors (Lipinski definition) is 3. The number of nitrogens with zero attached hydrogens (tertiary/aromatic N) is 2. The van der Waals surface area contributed by atoms with Crippen LogP contribution in [0.4, 0.5) is 0 Å². The van der Waals surface area contributed by atoms with Gasteiger partial charge in [-0.3, -0.25) is 4.79 Å². The van der Waals surface area contributed by atoms with Crippen LogP contribution < -0.4 is 5.43 Å². The van der Waals surface area contributed by atoms with Crippen LogP contribution in [0.1, 0.15) is 43.5 Å². The Hall–Kier alpha value is -1.52. The maximum Gasteiger partial charge on any atom is 0.208 e. The van der Waals surface area contributed by atoms with Gasteiger partial charge in [0.25, 0.3) is 0 Å². The summed E-state index contributed by atoms with van der Waals surface area (Å²) in [5, 5.41) is 5.24. The predicted molar refractivity (Wildman–Crippen MR) is 97.9 cm³/mol. The molecule has 0 unspecified atom stereocenters. The lowest BCUT2D eigenvalue weighted by atomic mass is 9.86. The monoisotopic (exact) mass is 346 g/mol. The quantitative estimate of drug-likeness (QED) is 0.606. The number of rotatable bonds is 3. The Balaban J connectivity index is 2.01. The number of halogens is 1. The summed E-state index contributed by atoms with van der Waals surface area (Å²) in [6.07, 6.45) is 5.75. The van der Waals surface area contributed by atoms with Gasteiger partial charge in [0.15, 0.2) is 0 Å². The van der Waals surface area contributed by atoms with Gasteiger partial charge in [0.05, 0.1) is 5.69 Å². The molecule has 1 aliphatic rings. The molecule has 23 heavy (non-hydrogen) atoms. The average molecular weight is 347 g/mol. The van der Waals surface area contributed by atoms with Gasteiger partial charge in [-0.15, -0.1) is 0 Å². The van der Waals surface area contributed by atoms with E-state index in [0.29, 0.717) is 16.6 Å². The fraction of sp³-hybridized carbons (Fsp3) is 0.389. The maximum atomic E-state index is 12.4. The first kappa shape index (κ1) is 16.3. The molecule has 0 saturated heterocycles. The summed E-state index contributed by atoms with van der Waals surface area (Å²) >= 11 is 11.6. The van der Waals surface area contributed by atoms with Crippen molar-refractivity contribution in [1.82, 2.24) is 9.78 Å². The molecule has 0 radical (unpaired) electrons. The number of aryl methyl sites for hydroxylation is 1. The van der Waals surface area contributed by atoms with Crippen LogP contribution in [0.5, 0.6) is 0 Å². The van der Waals surface area contributed by atoms with E-state index in [0.717, 1.165) is 29.1 Å². The van der Waals surface area contributed by atoms with Crippen molar-refractivity contribution in [3.05, 3.63) is 57.0 Å². The van der Waals surface area contributed by atoms with Crippen molar-refractivity contribution >= 4 is 28.7 Å². The summed E-state index contributed by atoms with van der Waals surface area (Å²) in [5.41, 5.74) is 2.00. The van der Waals surface area contributed by atoms with Crippen LogP contribution in [0.2, 0.25) is 5.02 Å². The normalized spacial score (nSPS) is 15.6. The summed E-state index contributed by atoms with van der Waals surface area (Å²) in [4.78, 5) is 13.1. The number of thiocarbonyl (C=S) groups is 1. The molecular formula is C18H19ClN2OS. The van der Waals surface area contributed by atoms with E-state index in [1.807, 2.05) is 31.2 Å². The summed E-state index contributed by atoms with van der Waals surface area (Å²) < 4.78 is 1.77. The Morgan fingerprint density at radius 3 is 2.52 bits per heavy atom. The van der Waals surface area contributed by atoms with Gasteiger partial charge in [-0.2, -0.15) is 5.10 Å². The molecule has 1 aromatic heterocycles. The third-order valence-corrected chi connectivity index (χ3v) is 5.17. The molecule has 3 nitrogen and oxygen atoms in total. The van der Waals surface area contributed by atoms with Gasteiger partial charge in [0.1, 0.15) is 5.69 Å². The Morgan fingerprint density at radius 1 is 1.22 bits per heavy atom. The second-order valence-corrected chi connectivity index (χ2v) is 6.96. The molecule has 1 heterocycles. The van der Waals surface area contributed by atoms with E-state index in [-0.39, 0.29) is 5.43 Å². The molecule has 5 heteroatoms. The highest BCUT2D eigenvalue weighted by Crippen LogP contribution is 2.26. The summed E-state index contributed by atoms with van der Waals surface area (Å²) in [6.45, 7) is 1.87. The first-order chi connectivity index (χ1) is 11.1. The Labute approximate surface area is 146 Å². The predicted octanol–water partition coefficient (Wildman–Crippen LogP) is 4.49. The second-order valence-electron chi connectivity index (χ2n) is 6.09. The first-order valence-corrected chi connectivity index (χ1v) is 8.76. The fourth-order valence-electron chi connectivity index (χ4n) is 3.12. The van der Waals surface area contributed by atoms with Gasteiger partial charge >= 0.3 is 0 Å². The van der Waals surface area contributed by atoms with Gasteiger partial charge < -0.3 is 0 Å². The van der Waals surface area contributed by atoms with Gasteiger partial charge in [-0.05, 0) is 49.9 Å². The minimum atomic E-state index is -0.0803. The highest BCUT2D eigenvalue weighted by Gasteiger charge is 2.22. The van der Waals surface area contributed by atoms with Gasteiger partial charge in [0, 0.05) is 21.6 Å². The molecule has 0 spiro atoms. The van der Waals surface area contributed by atoms with E-state index in [1.165, 1.54) is 19.3 Å². The maximum absolute atomic E-state index is 12.4. The largest absolute Gasteiger partial charge is 0.287 e. The highest BCUT2D eigenvalue weighted by atomic mass is 35.5. The minimum absolute atomic E-state index is 0.0803. The fourth-order valence-corrected chi connectivity index (χ4v) is 3.62. The number of hydrogen-bond donors (Lipinski definition) is 0.